The molecule has 0 aliphatic heterocycles. The quantitative estimate of drug-likeness (QED) is 0.394. The fourth-order valence-corrected chi connectivity index (χ4v) is 3.27. The van der Waals surface area contributed by atoms with Gasteiger partial charge in [0.05, 0.1) is 0 Å². The van der Waals surface area contributed by atoms with Crippen molar-refractivity contribution in [3.05, 3.63) is 105 Å². The molecule has 0 spiro atoms. The molecule has 5 heteroatoms. The Morgan fingerprint density at radius 3 is 2.57 bits per heavy atom. The van der Waals surface area contributed by atoms with Crippen molar-refractivity contribution in [2.24, 2.45) is 0 Å². The molecule has 3 aromatic rings. The minimum absolute atomic E-state index is 0.0335. The number of nitrogens with zero attached hydrogens (tertiary/aromatic N) is 1. The van der Waals surface area contributed by atoms with E-state index in [0.717, 1.165) is 16.7 Å². The highest BCUT2D eigenvalue weighted by atomic mass is 35.5. The largest absolute Gasteiger partial charge is 0.321 e. The fourth-order valence-electron chi connectivity index (χ4n) is 3.02. The number of nitrogens with one attached hydrogen (secondary N) is 1. The maximum atomic E-state index is 13.9. The second-order valence-corrected chi connectivity index (χ2v) is 7.47. The monoisotopic (exact) mass is 418 g/mol. The molecule has 0 saturated heterocycles. The van der Waals surface area contributed by atoms with Gasteiger partial charge in [-0.15, -0.1) is 0 Å². The molecule has 3 nitrogen and oxygen atoms in total. The molecular weight excluding hydrogens is 399 g/mol. The van der Waals surface area contributed by atoms with Crippen LogP contribution in [0.2, 0.25) is 5.02 Å². The van der Waals surface area contributed by atoms with Gasteiger partial charge in [-0.2, -0.15) is 5.26 Å². The number of rotatable bonds is 5. The first kappa shape index (κ1) is 21.3. The van der Waals surface area contributed by atoms with Crippen LogP contribution in [0.1, 0.15) is 27.8 Å². The first-order valence-corrected chi connectivity index (χ1v) is 9.77. The smallest absolute Gasteiger partial charge is 0.266 e. The zero-order chi connectivity index (χ0) is 21.7. The van der Waals surface area contributed by atoms with Crippen LogP contribution in [0.15, 0.2) is 66.2 Å². The highest BCUT2D eigenvalue weighted by Crippen LogP contribution is 2.24. The maximum Gasteiger partial charge on any atom is 0.266 e. The molecule has 3 aromatic carbocycles. The summed E-state index contributed by atoms with van der Waals surface area (Å²) in [6.07, 6.45) is 1.84. The second kappa shape index (κ2) is 9.39. The summed E-state index contributed by atoms with van der Waals surface area (Å²) < 4.78 is 13.9. The summed E-state index contributed by atoms with van der Waals surface area (Å²) >= 11 is 6.37. The predicted octanol–water partition coefficient (Wildman–Crippen LogP) is 6.23. The molecule has 0 aliphatic carbocycles. The van der Waals surface area contributed by atoms with Crippen molar-refractivity contribution >= 4 is 29.3 Å². The van der Waals surface area contributed by atoms with Crippen molar-refractivity contribution in [2.45, 2.75) is 20.3 Å². The average Bonchev–Trinajstić information content (AvgIpc) is 2.72. The first-order valence-electron chi connectivity index (χ1n) is 9.39. The number of hydrogen-bond donors (Lipinski definition) is 1. The Hall–Kier alpha value is -3.42. The molecular formula is C25H20ClFN2O. The lowest BCUT2D eigenvalue weighted by Gasteiger charge is -2.09. The van der Waals surface area contributed by atoms with Gasteiger partial charge in [0, 0.05) is 17.1 Å². The van der Waals surface area contributed by atoms with Crippen LogP contribution in [0.5, 0.6) is 0 Å². The lowest BCUT2D eigenvalue weighted by molar-refractivity contribution is -0.112. The fraction of sp³-hybridized carbons (Fsp3) is 0.120. The van der Waals surface area contributed by atoms with Crippen molar-refractivity contribution in [3.63, 3.8) is 0 Å². The molecule has 0 saturated carbocycles. The molecule has 30 heavy (non-hydrogen) atoms. The summed E-state index contributed by atoms with van der Waals surface area (Å²) in [6, 6.07) is 19.4. The third-order valence-corrected chi connectivity index (χ3v) is 5.09. The van der Waals surface area contributed by atoms with Gasteiger partial charge >= 0.3 is 0 Å². The number of nitriles is 1. The molecule has 1 N–H and O–H groups in total. The van der Waals surface area contributed by atoms with Gasteiger partial charge < -0.3 is 5.32 Å². The van der Waals surface area contributed by atoms with Crippen LogP contribution in [0, 0.1) is 31.0 Å². The summed E-state index contributed by atoms with van der Waals surface area (Å²) in [6.45, 7) is 3.82. The molecule has 0 atom stereocenters. The zero-order valence-corrected chi connectivity index (χ0v) is 17.4. The topological polar surface area (TPSA) is 52.9 Å². The van der Waals surface area contributed by atoms with Gasteiger partial charge in [0.1, 0.15) is 17.5 Å². The number of amides is 1. The van der Waals surface area contributed by atoms with Crippen LogP contribution in [0.4, 0.5) is 10.1 Å². The van der Waals surface area contributed by atoms with Crippen molar-refractivity contribution in [1.29, 1.82) is 5.26 Å². The number of hydrogen-bond acceptors (Lipinski definition) is 2. The molecule has 3 rings (SSSR count). The van der Waals surface area contributed by atoms with Crippen LogP contribution in [0.3, 0.4) is 0 Å². The highest BCUT2D eigenvalue weighted by Gasteiger charge is 2.12. The molecule has 0 unspecified atom stereocenters. The van der Waals surface area contributed by atoms with Crippen LogP contribution in [-0.2, 0) is 11.2 Å². The highest BCUT2D eigenvalue weighted by molar-refractivity contribution is 6.31. The number of anilines is 1. The molecule has 0 radical (unpaired) electrons. The Labute approximate surface area is 180 Å². The van der Waals surface area contributed by atoms with Crippen LogP contribution in [0.25, 0.3) is 6.08 Å². The third kappa shape index (κ3) is 5.14. The first-order chi connectivity index (χ1) is 14.4. The molecule has 0 bridgehead atoms. The lowest BCUT2D eigenvalue weighted by atomic mass is 10.0. The van der Waals surface area contributed by atoms with Crippen molar-refractivity contribution < 1.29 is 9.18 Å². The van der Waals surface area contributed by atoms with Gasteiger partial charge in [0.15, 0.2) is 0 Å². The molecule has 0 fully saturated rings. The second-order valence-electron chi connectivity index (χ2n) is 7.06. The van der Waals surface area contributed by atoms with Crippen molar-refractivity contribution in [3.8, 4) is 6.07 Å². The van der Waals surface area contributed by atoms with E-state index in [9.17, 15) is 14.4 Å². The molecule has 0 aliphatic rings. The normalized spacial score (nSPS) is 11.1. The van der Waals surface area contributed by atoms with E-state index in [1.165, 1.54) is 12.1 Å². The van der Waals surface area contributed by atoms with Crippen molar-refractivity contribution in [2.75, 3.05) is 5.32 Å². The predicted molar refractivity (Wildman–Crippen MR) is 119 cm³/mol. The van der Waals surface area contributed by atoms with Gasteiger partial charge in [-0.05, 0) is 65.9 Å². The Morgan fingerprint density at radius 1 is 1.10 bits per heavy atom. The van der Waals surface area contributed by atoms with Gasteiger partial charge in [-0.3, -0.25) is 4.79 Å². The van der Waals surface area contributed by atoms with Crippen LogP contribution in [-0.4, -0.2) is 5.91 Å². The number of aryl methyl sites for hydroxylation is 2. The minimum Gasteiger partial charge on any atom is -0.321 e. The summed E-state index contributed by atoms with van der Waals surface area (Å²) in [5.74, 6) is -0.773. The van der Waals surface area contributed by atoms with Crippen LogP contribution >= 0.6 is 11.6 Å². The zero-order valence-electron chi connectivity index (χ0n) is 16.7. The van der Waals surface area contributed by atoms with Gasteiger partial charge in [-0.1, -0.05) is 54.1 Å². The Morgan fingerprint density at radius 2 is 1.87 bits per heavy atom. The third-order valence-electron chi connectivity index (χ3n) is 4.73. The van der Waals surface area contributed by atoms with E-state index in [1.807, 2.05) is 38.1 Å². The van der Waals surface area contributed by atoms with Gasteiger partial charge in [0.25, 0.3) is 5.91 Å². The summed E-state index contributed by atoms with van der Waals surface area (Å²) in [7, 11) is 0. The van der Waals surface area contributed by atoms with E-state index in [-0.39, 0.29) is 11.4 Å². The van der Waals surface area contributed by atoms with E-state index < -0.39 is 5.91 Å². The Bertz CT molecular complexity index is 1180. The summed E-state index contributed by atoms with van der Waals surface area (Å²) in [4.78, 5) is 12.6. The SMILES string of the molecule is Cc1ccc(C)c(NC(=O)/C(C#N)=C/c2ccc(Cc3ccccc3F)c(Cl)c2)c1. The van der Waals surface area contributed by atoms with E-state index >= 15 is 0 Å². The average molecular weight is 419 g/mol. The van der Waals surface area contributed by atoms with Gasteiger partial charge in [0.2, 0.25) is 0 Å². The summed E-state index contributed by atoms with van der Waals surface area (Å²) in [5, 5.41) is 12.7. The number of carbonyl (C=O) groups is 1. The van der Waals surface area contributed by atoms with E-state index in [1.54, 1.807) is 36.4 Å². The standard InChI is InChI=1S/C25H20ClFN2O/c1-16-7-8-17(2)24(11-16)29-25(30)21(15-28)12-18-9-10-19(22(26)13-18)14-20-5-3-4-6-23(20)27/h3-13H,14H2,1-2H3,(H,29,30)/b21-12+. The number of benzene rings is 3. The Balaban J connectivity index is 1.81. The Kier molecular flexibility index (Phi) is 6.66. The van der Waals surface area contributed by atoms with E-state index in [2.05, 4.69) is 5.32 Å². The van der Waals surface area contributed by atoms with Crippen LogP contribution < -0.4 is 5.32 Å². The van der Waals surface area contributed by atoms with E-state index in [4.69, 9.17) is 11.6 Å². The maximum absolute atomic E-state index is 13.9. The van der Waals surface area contributed by atoms with E-state index in [0.29, 0.717) is 28.3 Å². The summed E-state index contributed by atoms with van der Waals surface area (Å²) in [5.41, 5.74) is 4.48. The van der Waals surface area contributed by atoms with Gasteiger partial charge in [-0.25, -0.2) is 4.39 Å². The molecule has 150 valence electrons. The number of carbonyl (C=O) groups excluding carboxylic acids is 1. The minimum atomic E-state index is -0.488. The van der Waals surface area contributed by atoms with Crippen molar-refractivity contribution in [1.82, 2.24) is 0 Å². The molecule has 0 aromatic heterocycles. The molecule has 0 heterocycles. The molecule has 1 amide bonds. The lowest BCUT2D eigenvalue weighted by Crippen LogP contribution is -2.14. The number of halogens is 2.